The van der Waals surface area contributed by atoms with Gasteiger partial charge in [0.15, 0.2) is 6.10 Å². The van der Waals surface area contributed by atoms with Crippen LogP contribution in [0.1, 0.15) is 23.7 Å². The van der Waals surface area contributed by atoms with E-state index in [-0.39, 0.29) is 18.1 Å². The van der Waals surface area contributed by atoms with Crippen LogP contribution in [0.2, 0.25) is 0 Å². The molecule has 0 radical (unpaired) electrons. The highest BCUT2D eigenvalue weighted by atomic mass is 32.2. The molecule has 7 heteroatoms. The average molecular weight is 385 g/mol. The normalized spacial score (nSPS) is 16.7. The van der Waals surface area contributed by atoms with E-state index in [1.54, 1.807) is 31.4 Å². The summed E-state index contributed by atoms with van der Waals surface area (Å²) in [5, 5.41) is 2.19. The van der Waals surface area contributed by atoms with Gasteiger partial charge in [-0.15, -0.1) is 11.8 Å². The second-order valence-electron chi connectivity index (χ2n) is 6.02. The van der Waals surface area contributed by atoms with Crippen molar-refractivity contribution in [3.8, 4) is 5.75 Å². The monoisotopic (exact) mass is 385 g/mol. The number of amides is 1. The number of ether oxygens (including phenoxy) is 2. The topological polar surface area (TPSA) is 81.7 Å². The summed E-state index contributed by atoms with van der Waals surface area (Å²) in [5.74, 6) is -0.505. The van der Waals surface area contributed by atoms with Gasteiger partial charge in [-0.25, -0.2) is 0 Å². The van der Waals surface area contributed by atoms with E-state index in [0.717, 1.165) is 10.6 Å². The van der Waals surface area contributed by atoms with E-state index in [1.165, 1.54) is 18.7 Å². The van der Waals surface area contributed by atoms with Gasteiger partial charge in [-0.1, -0.05) is 12.1 Å². The van der Waals surface area contributed by atoms with Crippen molar-refractivity contribution in [3.63, 3.8) is 0 Å². The van der Waals surface area contributed by atoms with E-state index in [4.69, 9.17) is 9.47 Å². The molecule has 0 saturated carbocycles. The van der Waals surface area contributed by atoms with Crippen LogP contribution in [-0.2, 0) is 14.3 Å². The molecule has 0 unspecified atom stereocenters. The van der Waals surface area contributed by atoms with Crippen LogP contribution in [0.15, 0.2) is 53.4 Å². The fourth-order valence-electron chi connectivity index (χ4n) is 2.67. The molecule has 1 aliphatic rings. The highest BCUT2D eigenvalue weighted by Crippen LogP contribution is 2.36. The van der Waals surface area contributed by atoms with Crippen LogP contribution in [0.25, 0.3) is 0 Å². The maximum Gasteiger partial charge on any atom is 0.308 e. The van der Waals surface area contributed by atoms with E-state index < -0.39 is 17.3 Å². The number of carbonyl (C=O) groups is 3. The largest absolute Gasteiger partial charge is 0.497 e. The third kappa shape index (κ3) is 4.49. The third-order valence-corrected chi connectivity index (χ3v) is 5.39. The summed E-state index contributed by atoms with van der Waals surface area (Å²) in [7, 11) is 1.54. The Kier molecular flexibility index (Phi) is 5.81. The SMILES string of the molecule is COc1ccc(C(=O)[C@@H](C)OC(=O)C[C@H]2Sc3ccccc3NC2=O)cc1. The molecule has 0 saturated heterocycles. The van der Waals surface area contributed by atoms with E-state index in [2.05, 4.69) is 5.32 Å². The first-order valence-corrected chi connectivity index (χ1v) is 9.30. The lowest BCUT2D eigenvalue weighted by atomic mass is 10.1. The van der Waals surface area contributed by atoms with Crippen LogP contribution in [0.3, 0.4) is 0 Å². The maximum atomic E-state index is 12.4. The number of fused-ring (bicyclic) bond motifs is 1. The Morgan fingerprint density at radius 3 is 2.56 bits per heavy atom. The molecule has 1 heterocycles. The minimum absolute atomic E-state index is 0.106. The third-order valence-electron chi connectivity index (χ3n) is 4.11. The molecule has 1 aliphatic heterocycles. The predicted octanol–water partition coefficient (Wildman–Crippen LogP) is 3.31. The second kappa shape index (κ2) is 8.26. The minimum Gasteiger partial charge on any atom is -0.497 e. The molecule has 0 aromatic heterocycles. The first-order chi connectivity index (χ1) is 13.0. The number of carbonyl (C=O) groups excluding carboxylic acids is 3. The van der Waals surface area contributed by atoms with Gasteiger partial charge in [-0.2, -0.15) is 0 Å². The number of thioether (sulfide) groups is 1. The van der Waals surface area contributed by atoms with Crippen molar-refractivity contribution in [1.82, 2.24) is 0 Å². The van der Waals surface area contributed by atoms with Gasteiger partial charge < -0.3 is 14.8 Å². The Bertz CT molecular complexity index is 865. The van der Waals surface area contributed by atoms with E-state index in [1.807, 2.05) is 24.3 Å². The number of ketones is 1. The van der Waals surface area contributed by atoms with Crippen molar-refractivity contribution in [3.05, 3.63) is 54.1 Å². The molecule has 2 atom stereocenters. The quantitative estimate of drug-likeness (QED) is 0.607. The minimum atomic E-state index is -0.935. The Labute approximate surface area is 161 Å². The molecule has 2 aromatic rings. The molecular formula is C20H19NO5S. The highest BCUT2D eigenvalue weighted by Gasteiger charge is 2.30. The molecule has 2 aromatic carbocycles. The number of esters is 1. The van der Waals surface area contributed by atoms with Gasteiger partial charge in [0.05, 0.1) is 24.5 Å². The molecule has 6 nitrogen and oxygen atoms in total. The molecule has 27 heavy (non-hydrogen) atoms. The summed E-state index contributed by atoms with van der Waals surface area (Å²) in [6.07, 6.45) is -1.04. The van der Waals surface area contributed by atoms with Crippen LogP contribution < -0.4 is 10.1 Å². The van der Waals surface area contributed by atoms with Gasteiger partial charge in [0.1, 0.15) is 5.75 Å². The summed E-state index contributed by atoms with van der Waals surface area (Å²) in [6.45, 7) is 1.52. The highest BCUT2D eigenvalue weighted by molar-refractivity contribution is 8.01. The molecule has 1 amide bonds. The fourth-order valence-corrected chi connectivity index (χ4v) is 3.76. The Balaban J connectivity index is 1.58. The average Bonchev–Trinajstić information content (AvgIpc) is 2.68. The van der Waals surface area contributed by atoms with Crippen molar-refractivity contribution < 1.29 is 23.9 Å². The summed E-state index contributed by atoms with van der Waals surface area (Å²) in [5.41, 5.74) is 1.16. The molecule has 0 aliphatic carbocycles. The smallest absolute Gasteiger partial charge is 0.308 e. The number of nitrogens with one attached hydrogen (secondary N) is 1. The van der Waals surface area contributed by atoms with Gasteiger partial charge in [-0.05, 0) is 43.3 Å². The fraction of sp³-hybridized carbons (Fsp3) is 0.250. The number of Topliss-reactive ketones (excluding diaryl/α,β-unsaturated/α-hetero) is 1. The van der Waals surface area contributed by atoms with E-state index in [0.29, 0.717) is 11.3 Å². The molecule has 1 N–H and O–H groups in total. The standard InChI is InChI=1S/C20H19NO5S/c1-12(19(23)13-7-9-14(25-2)10-8-13)26-18(22)11-17-20(24)21-15-5-3-4-6-16(15)27-17/h3-10,12,17H,11H2,1-2H3,(H,21,24)/t12-,17-/m1/s1. The zero-order chi connectivity index (χ0) is 19.4. The molecule has 0 spiro atoms. The number of hydrogen-bond donors (Lipinski definition) is 1. The number of rotatable bonds is 6. The van der Waals surface area contributed by atoms with Gasteiger partial charge in [-0.3, -0.25) is 14.4 Å². The summed E-state index contributed by atoms with van der Waals surface area (Å²) in [4.78, 5) is 37.7. The van der Waals surface area contributed by atoms with Gasteiger partial charge in [0, 0.05) is 10.5 Å². The van der Waals surface area contributed by atoms with Crippen LogP contribution in [0.4, 0.5) is 5.69 Å². The van der Waals surface area contributed by atoms with E-state index >= 15 is 0 Å². The number of benzene rings is 2. The molecule has 0 fully saturated rings. The summed E-state index contributed by atoms with van der Waals surface area (Å²) < 4.78 is 10.3. The summed E-state index contributed by atoms with van der Waals surface area (Å²) >= 11 is 1.32. The van der Waals surface area contributed by atoms with Gasteiger partial charge in [0.2, 0.25) is 11.7 Å². The van der Waals surface area contributed by atoms with Crippen LogP contribution in [0.5, 0.6) is 5.75 Å². The van der Waals surface area contributed by atoms with Gasteiger partial charge >= 0.3 is 5.97 Å². The van der Waals surface area contributed by atoms with Crippen molar-refractivity contribution in [2.75, 3.05) is 12.4 Å². The molecular weight excluding hydrogens is 366 g/mol. The molecule has 0 bridgehead atoms. The lowest BCUT2D eigenvalue weighted by Gasteiger charge is -2.23. The van der Waals surface area contributed by atoms with Crippen LogP contribution in [0, 0.1) is 0 Å². The van der Waals surface area contributed by atoms with Gasteiger partial charge in [0.25, 0.3) is 0 Å². The Morgan fingerprint density at radius 2 is 1.85 bits per heavy atom. The van der Waals surface area contributed by atoms with Crippen molar-refractivity contribution in [2.45, 2.75) is 29.6 Å². The number of anilines is 1. The van der Waals surface area contributed by atoms with Crippen molar-refractivity contribution in [1.29, 1.82) is 0 Å². The zero-order valence-electron chi connectivity index (χ0n) is 14.9. The second-order valence-corrected chi connectivity index (χ2v) is 7.27. The molecule has 3 rings (SSSR count). The maximum absolute atomic E-state index is 12.4. The summed E-state index contributed by atoms with van der Waals surface area (Å²) in [6, 6.07) is 14.0. The van der Waals surface area contributed by atoms with Crippen LogP contribution >= 0.6 is 11.8 Å². The lowest BCUT2D eigenvalue weighted by Crippen LogP contribution is -2.33. The predicted molar refractivity (Wildman–Crippen MR) is 102 cm³/mol. The molecule has 140 valence electrons. The number of methoxy groups -OCH3 is 1. The first kappa shape index (κ1) is 19.0. The number of hydrogen-bond acceptors (Lipinski definition) is 6. The van der Waals surface area contributed by atoms with E-state index in [9.17, 15) is 14.4 Å². The van der Waals surface area contributed by atoms with Crippen LogP contribution in [-0.4, -0.2) is 36.1 Å². The first-order valence-electron chi connectivity index (χ1n) is 8.42. The lowest BCUT2D eigenvalue weighted by molar-refractivity contribution is -0.147. The Hall–Kier alpha value is -2.80. The van der Waals surface area contributed by atoms with Crippen molar-refractivity contribution in [2.24, 2.45) is 0 Å². The zero-order valence-corrected chi connectivity index (χ0v) is 15.7. The van der Waals surface area contributed by atoms with Crippen molar-refractivity contribution >= 4 is 35.1 Å². The Morgan fingerprint density at radius 1 is 1.15 bits per heavy atom. The number of para-hydroxylation sites is 1.